The summed E-state index contributed by atoms with van der Waals surface area (Å²) in [6.07, 6.45) is 0.581. The fraction of sp³-hybridized carbons (Fsp3) is 0.565. The standard InChI is InChI=1S/C23H33Cl2N3O6/c1-3-33-21(30)10-9-19(23(32)34-4-2)27-22(31)20(26-16-29)15-17-5-7-18(8-6-17)28(13-11-24)14-12-25/h5-8,16,19-20H,3-4,9-15H2,1-2H3,(H,26,29)(H,27,31)/t19-,20-/m0/s1. The van der Waals surface area contributed by atoms with E-state index in [0.29, 0.717) is 31.3 Å². The lowest BCUT2D eigenvalue weighted by Gasteiger charge is -2.24. The second-order valence-corrected chi connectivity index (χ2v) is 7.99. The van der Waals surface area contributed by atoms with Crippen molar-refractivity contribution in [1.29, 1.82) is 0 Å². The smallest absolute Gasteiger partial charge is 0.328 e. The molecule has 1 rings (SSSR count). The first-order valence-corrected chi connectivity index (χ1v) is 12.2. The van der Waals surface area contributed by atoms with Gasteiger partial charge in [-0.05, 0) is 38.0 Å². The average Bonchev–Trinajstić information content (AvgIpc) is 2.82. The molecule has 0 saturated heterocycles. The molecule has 0 heterocycles. The second kappa shape index (κ2) is 17.0. The van der Waals surface area contributed by atoms with E-state index in [1.807, 2.05) is 29.2 Å². The van der Waals surface area contributed by atoms with E-state index in [2.05, 4.69) is 10.6 Å². The Hall–Kier alpha value is -2.52. The molecule has 0 fully saturated rings. The highest BCUT2D eigenvalue weighted by Gasteiger charge is 2.27. The Labute approximate surface area is 210 Å². The van der Waals surface area contributed by atoms with Crippen LogP contribution in [0.25, 0.3) is 0 Å². The van der Waals surface area contributed by atoms with E-state index in [9.17, 15) is 19.2 Å². The van der Waals surface area contributed by atoms with Gasteiger partial charge in [0.1, 0.15) is 12.1 Å². The second-order valence-electron chi connectivity index (χ2n) is 7.23. The maximum atomic E-state index is 12.9. The van der Waals surface area contributed by atoms with E-state index >= 15 is 0 Å². The van der Waals surface area contributed by atoms with Crippen molar-refractivity contribution in [2.24, 2.45) is 0 Å². The predicted octanol–water partition coefficient (Wildman–Crippen LogP) is 2.02. The molecule has 1 aromatic rings. The number of carbonyl (C=O) groups excluding carboxylic acids is 4. The topological polar surface area (TPSA) is 114 Å². The monoisotopic (exact) mass is 517 g/mol. The van der Waals surface area contributed by atoms with Crippen molar-refractivity contribution in [2.75, 3.05) is 43.0 Å². The van der Waals surface area contributed by atoms with Crippen LogP contribution in [0.1, 0.15) is 32.3 Å². The molecule has 2 N–H and O–H groups in total. The summed E-state index contributed by atoms with van der Waals surface area (Å²) in [6.45, 7) is 4.95. The summed E-state index contributed by atoms with van der Waals surface area (Å²) in [6, 6.07) is 5.51. The predicted molar refractivity (Wildman–Crippen MR) is 131 cm³/mol. The van der Waals surface area contributed by atoms with Crippen LogP contribution in [0.3, 0.4) is 0 Å². The van der Waals surface area contributed by atoms with Crippen LogP contribution in [0.2, 0.25) is 0 Å². The van der Waals surface area contributed by atoms with Gasteiger partial charge in [-0.1, -0.05) is 12.1 Å². The number of carbonyl (C=O) groups is 4. The molecule has 2 atom stereocenters. The zero-order valence-electron chi connectivity index (χ0n) is 19.6. The molecule has 0 aliphatic carbocycles. The lowest BCUT2D eigenvalue weighted by molar-refractivity contribution is -0.149. The number of amides is 2. The van der Waals surface area contributed by atoms with Crippen LogP contribution >= 0.6 is 23.2 Å². The van der Waals surface area contributed by atoms with Crippen molar-refractivity contribution >= 4 is 53.1 Å². The van der Waals surface area contributed by atoms with Crippen LogP contribution in [-0.4, -0.2) is 74.4 Å². The fourth-order valence-corrected chi connectivity index (χ4v) is 3.63. The molecule has 0 spiro atoms. The number of ether oxygens (including phenoxy) is 2. The molecule has 0 unspecified atom stereocenters. The zero-order valence-corrected chi connectivity index (χ0v) is 21.1. The summed E-state index contributed by atoms with van der Waals surface area (Å²) in [4.78, 5) is 50.0. The first-order chi connectivity index (χ1) is 16.4. The third kappa shape index (κ3) is 10.6. The van der Waals surface area contributed by atoms with Gasteiger partial charge in [-0.2, -0.15) is 0 Å². The summed E-state index contributed by atoms with van der Waals surface area (Å²) in [5.41, 5.74) is 1.74. The SMILES string of the molecule is CCOC(=O)CC[C@H](NC(=O)[C@H](Cc1ccc(N(CCCl)CCCl)cc1)NC=O)C(=O)OCC. The van der Waals surface area contributed by atoms with E-state index in [1.54, 1.807) is 13.8 Å². The molecule has 0 aliphatic rings. The molecule has 2 amide bonds. The third-order valence-electron chi connectivity index (χ3n) is 4.87. The number of hydrogen-bond acceptors (Lipinski definition) is 7. The molecular formula is C23H33Cl2N3O6. The van der Waals surface area contributed by atoms with Crippen LogP contribution in [0.15, 0.2) is 24.3 Å². The quantitative estimate of drug-likeness (QED) is 0.184. The molecule has 0 radical (unpaired) electrons. The van der Waals surface area contributed by atoms with Gasteiger partial charge in [0.15, 0.2) is 0 Å². The van der Waals surface area contributed by atoms with Gasteiger partial charge >= 0.3 is 11.9 Å². The Morgan fingerprint density at radius 1 is 1.00 bits per heavy atom. The highest BCUT2D eigenvalue weighted by atomic mass is 35.5. The minimum Gasteiger partial charge on any atom is -0.466 e. The van der Waals surface area contributed by atoms with Gasteiger partial charge in [-0.3, -0.25) is 14.4 Å². The van der Waals surface area contributed by atoms with Crippen molar-refractivity contribution in [3.05, 3.63) is 29.8 Å². The van der Waals surface area contributed by atoms with E-state index in [0.717, 1.165) is 11.3 Å². The van der Waals surface area contributed by atoms with E-state index in [-0.39, 0.29) is 32.5 Å². The number of alkyl halides is 2. The molecule has 11 heteroatoms. The Bertz CT molecular complexity index is 772. The first kappa shape index (κ1) is 29.5. The van der Waals surface area contributed by atoms with Crippen LogP contribution in [0, 0.1) is 0 Å². The maximum Gasteiger partial charge on any atom is 0.328 e. The zero-order chi connectivity index (χ0) is 25.3. The number of rotatable bonds is 17. The number of benzene rings is 1. The molecule has 0 saturated carbocycles. The minimum absolute atomic E-state index is 0.0168. The normalized spacial score (nSPS) is 12.2. The van der Waals surface area contributed by atoms with Crippen LogP contribution < -0.4 is 15.5 Å². The summed E-state index contributed by atoms with van der Waals surface area (Å²) in [5, 5.41) is 5.08. The lowest BCUT2D eigenvalue weighted by Crippen LogP contribution is -2.51. The fourth-order valence-electron chi connectivity index (χ4n) is 3.22. The number of esters is 2. The van der Waals surface area contributed by atoms with Crippen molar-refractivity contribution in [1.82, 2.24) is 10.6 Å². The number of halogens is 2. The van der Waals surface area contributed by atoms with E-state index < -0.39 is 29.9 Å². The number of nitrogens with one attached hydrogen (secondary N) is 2. The van der Waals surface area contributed by atoms with Gasteiger partial charge in [-0.25, -0.2) is 4.79 Å². The molecule has 1 aromatic carbocycles. The number of nitrogens with zero attached hydrogens (tertiary/aromatic N) is 1. The average molecular weight is 518 g/mol. The largest absolute Gasteiger partial charge is 0.466 e. The van der Waals surface area contributed by atoms with E-state index in [1.165, 1.54) is 0 Å². The Kier molecular flexibility index (Phi) is 14.8. The molecule has 190 valence electrons. The Morgan fingerprint density at radius 3 is 2.15 bits per heavy atom. The van der Waals surface area contributed by atoms with Crippen molar-refractivity contribution in [3.63, 3.8) is 0 Å². The van der Waals surface area contributed by atoms with Crippen molar-refractivity contribution in [3.8, 4) is 0 Å². The van der Waals surface area contributed by atoms with Crippen LogP contribution in [-0.2, 0) is 35.1 Å². The molecule has 0 bridgehead atoms. The van der Waals surface area contributed by atoms with E-state index in [4.69, 9.17) is 32.7 Å². The van der Waals surface area contributed by atoms with Gasteiger partial charge in [-0.15, -0.1) is 23.2 Å². The molecular weight excluding hydrogens is 485 g/mol. The van der Waals surface area contributed by atoms with Crippen molar-refractivity contribution < 1.29 is 28.7 Å². The van der Waals surface area contributed by atoms with Crippen LogP contribution in [0.5, 0.6) is 0 Å². The third-order valence-corrected chi connectivity index (χ3v) is 5.20. The van der Waals surface area contributed by atoms with Crippen molar-refractivity contribution in [2.45, 2.75) is 45.2 Å². The van der Waals surface area contributed by atoms with Gasteiger partial charge in [0.25, 0.3) is 0 Å². The summed E-state index contributed by atoms with van der Waals surface area (Å²) < 4.78 is 9.89. The first-order valence-electron chi connectivity index (χ1n) is 11.2. The summed E-state index contributed by atoms with van der Waals surface area (Å²) in [5.74, 6) is -0.785. The summed E-state index contributed by atoms with van der Waals surface area (Å²) in [7, 11) is 0. The number of hydrogen-bond donors (Lipinski definition) is 2. The molecule has 34 heavy (non-hydrogen) atoms. The highest BCUT2D eigenvalue weighted by molar-refractivity contribution is 6.18. The van der Waals surface area contributed by atoms with Gasteiger partial charge < -0.3 is 25.0 Å². The number of anilines is 1. The maximum absolute atomic E-state index is 12.9. The lowest BCUT2D eigenvalue weighted by atomic mass is 10.0. The molecule has 0 aliphatic heterocycles. The summed E-state index contributed by atoms with van der Waals surface area (Å²) >= 11 is 11.7. The Morgan fingerprint density at radius 2 is 1.62 bits per heavy atom. The highest BCUT2D eigenvalue weighted by Crippen LogP contribution is 2.17. The Balaban J connectivity index is 2.89. The molecule has 9 nitrogen and oxygen atoms in total. The molecule has 0 aromatic heterocycles. The van der Waals surface area contributed by atoms with Crippen LogP contribution in [0.4, 0.5) is 5.69 Å². The minimum atomic E-state index is -1.05. The van der Waals surface area contributed by atoms with Gasteiger partial charge in [0, 0.05) is 43.4 Å². The van der Waals surface area contributed by atoms with Gasteiger partial charge in [0.05, 0.1) is 13.2 Å². The van der Waals surface area contributed by atoms with Gasteiger partial charge in [0.2, 0.25) is 12.3 Å².